The van der Waals surface area contributed by atoms with Crippen molar-refractivity contribution in [2.45, 2.75) is 25.8 Å². The molecular weight excluding hydrogens is 234 g/mol. The molecule has 1 unspecified atom stereocenters. The molecule has 1 aromatic rings. The number of hydrogen-bond acceptors (Lipinski definition) is 4. The van der Waals surface area contributed by atoms with E-state index in [-0.39, 0.29) is 17.9 Å². The number of aryl methyl sites for hydroxylation is 1. The minimum Gasteiger partial charge on any atom is -0.346 e. The fourth-order valence-electron chi connectivity index (χ4n) is 2.07. The van der Waals surface area contributed by atoms with Gasteiger partial charge in [-0.05, 0) is 25.7 Å². The van der Waals surface area contributed by atoms with Gasteiger partial charge in [-0.3, -0.25) is 4.79 Å². The second-order valence-corrected chi connectivity index (χ2v) is 5.90. The highest BCUT2D eigenvalue weighted by Crippen LogP contribution is 2.42. The molecule has 92 valence electrons. The second kappa shape index (κ2) is 4.38. The van der Waals surface area contributed by atoms with Crippen molar-refractivity contribution in [3.8, 4) is 0 Å². The van der Waals surface area contributed by atoms with Crippen molar-refractivity contribution in [1.29, 1.82) is 0 Å². The molecular formula is C12H17N3OS. The summed E-state index contributed by atoms with van der Waals surface area (Å²) in [6.07, 6.45) is 2.43. The molecule has 4 nitrogen and oxygen atoms in total. The van der Waals surface area contributed by atoms with Crippen LogP contribution in [0.1, 0.15) is 29.6 Å². The fraction of sp³-hybridized carbons (Fsp3) is 0.667. The largest absolute Gasteiger partial charge is 0.346 e. The van der Waals surface area contributed by atoms with Crippen LogP contribution < -0.4 is 10.6 Å². The summed E-state index contributed by atoms with van der Waals surface area (Å²) in [6.45, 7) is 3.64. The van der Waals surface area contributed by atoms with Crippen LogP contribution in [0.4, 0.5) is 0 Å². The number of carbonyl (C=O) groups is 1. The van der Waals surface area contributed by atoms with Crippen molar-refractivity contribution in [3.63, 3.8) is 0 Å². The van der Waals surface area contributed by atoms with Crippen LogP contribution in [-0.2, 0) is 4.79 Å². The lowest BCUT2D eigenvalue weighted by molar-refractivity contribution is -0.127. The highest BCUT2D eigenvalue weighted by molar-refractivity contribution is 7.09. The van der Waals surface area contributed by atoms with Gasteiger partial charge in [0.2, 0.25) is 5.91 Å². The van der Waals surface area contributed by atoms with Crippen molar-refractivity contribution in [2.75, 3.05) is 13.1 Å². The van der Waals surface area contributed by atoms with Crippen LogP contribution >= 0.6 is 11.3 Å². The molecule has 1 aliphatic heterocycles. The van der Waals surface area contributed by atoms with Crippen molar-refractivity contribution in [2.24, 2.45) is 11.8 Å². The molecule has 2 fully saturated rings. The molecule has 1 saturated heterocycles. The lowest BCUT2D eigenvalue weighted by atomic mass is 10.0. The van der Waals surface area contributed by atoms with Crippen LogP contribution in [0.25, 0.3) is 0 Å². The monoisotopic (exact) mass is 251 g/mol. The van der Waals surface area contributed by atoms with E-state index in [1.165, 1.54) is 12.8 Å². The predicted octanol–water partition coefficient (Wildman–Crippen LogP) is 1.24. The third-order valence-electron chi connectivity index (χ3n) is 3.45. The number of carbonyl (C=O) groups excluding carboxylic acids is 1. The molecule has 2 aliphatic rings. The quantitative estimate of drug-likeness (QED) is 0.846. The smallest absolute Gasteiger partial charge is 0.226 e. The third kappa shape index (κ3) is 2.35. The number of rotatable bonds is 4. The first kappa shape index (κ1) is 11.2. The number of nitrogens with one attached hydrogen (secondary N) is 2. The summed E-state index contributed by atoms with van der Waals surface area (Å²) in [4.78, 5) is 16.5. The van der Waals surface area contributed by atoms with Crippen molar-refractivity contribution < 1.29 is 4.79 Å². The Morgan fingerprint density at radius 1 is 1.59 bits per heavy atom. The number of amides is 1. The second-order valence-electron chi connectivity index (χ2n) is 5.01. The first-order chi connectivity index (χ1) is 8.24. The van der Waals surface area contributed by atoms with Crippen LogP contribution in [0.15, 0.2) is 5.38 Å². The van der Waals surface area contributed by atoms with Gasteiger partial charge >= 0.3 is 0 Å². The zero-order chi connectivity index (χ0) is 11.8. The molecule has 2 heterocycles. The number of nitrogens with zero attached hydrogens (tertiary/aromatic N) is 1. The van der Waals surface area contributed by atoms with Gasteiger partial charge < -0.3 is 10.6 Å². The first-order valence-electron chi connectivity index (χ1n) is 6.17. The summed E-state index contributed by atoms with van der Waals surface area (Å²) in [5.74, 6) is 0.961. The molecule has 0 aromatic carbocycles. The Morgan fingerprint density at radius 3 is 2.82 bits per heavy atom. The summed E-state index contributed by atoms with van der Waals surface area (Å²) >= 11 is 1.66. The molecule has 1 aromatic heterocycles. The van der Waals surface area contributed by atoms with Crippen LogP contribution in [0.2, 0.25) is 0 Å². The van der Waals surface area contributed by atoms with Crippen LogP contribution in [0.5, 0.6) is 0 Å². The maximum absolute atomic E-state index is 12.0. The van der Waals surface area contributed by atoms with Gasteiger partial charge in [0.25, 0.3) is 0 Å². The highest BCUT2D eigenvalue weighted by atomic mass is 32.1. The summed E-state index contributed by atoms with van der Waals surface area (Å²) in [6, 6.07) is 0.154. The van der Waals surface area contributed by atoms with Gasteiger partial charge in [-0.15, -0.1) is 11.3 Å². The highest BCUT2D eigenvalue weighted by Gasteiger charge is 2.37. The van der Waals surface area contributed by atoms with E-state index in [0.29, 0.717) is 5.92 Å². The van der Waals surface area contributed by atoms with Gasteiger partial charge in [0.15, 0.2) is 0 Å². The number of hydrogen-bond donors (Lipinski definition) is 2. The fourth-order valence-corrected chi connectivity index (χ4v) is 3.01. The molecule has 1 aliphatic carbocycles. The van der Waals surface area contributed by atoms with Gasteiger partial charge in [0.1, 0.15) is 5.01 Å². The minimum absolute atomic E-state index is 0.154. The maximum Gasteiger partial charge on any atom is 0.226 e. The van der Waals surface area contributed by atoms with Crippen LogP contribution in [-0.4, -0.2) is 24.0 Å². The third-order valence-corrected chi connectivity index (χ3v) is 4.49. The molecule has 2 N–H and O–H groups in total. The zero-order valence-corrected chi connectivity index (χ0v) is 10.7. The Balaban J connectivity index is 1.69. The van der Waals surface area contributed by atoms with Crippen molar-refractivity contribution in [1.82, 2.24) is 15.6 Å². The van der Waals surface area contributed by atoms with Gasteiger partial charge in [-0.1, -0.05) is 0 Å². The Kier molecular flexibility index (Phi) is 2.88. The van der Waals surface area contributed by atoms with E-state index in [9.17, 15) is 4.79 Å². The topological polar surface area (TPSA) is 54.0 Å². The number of aromatic nitrogens is 1. The van der Waals surface area contributed by atoms with Gasteiger partial charge in [-0.25, -0.2) is 4.98 Å². The van der Waals surface area contributed by atoms with Crippen molar-refractivity contribution in [3.05, 3.63) is 16.1 Å². The van der Waals surface area contributed by atoms with Gasteiger partial charge in [0, 0.05) is 24.2 Å². The average Bonchev–Trinajstić information content (AvgIpc) is 2.95. The molecule has 0 spiro atoms. The average molecular weight is 251 g/mol. The van der Waals surface area contributed by atoms with Crippen LogP contribution in [0, 0.1) is 18.8 Å². The Bertz CT molecular complexity index is 423. The molecule has 17 heavy (non-hydrogen) atoms. The first-order valence-corrected chi connectivity index (χ1v) is 7.05. The van der Waals surface area contributed by atoms with E-state index in [0.717, 1.165) is 23.8 Å². The Morgan fingerprint density at radius 2 is 2.35 bits per heavy atom. The molecule has 0 radical (unpaired) electrons. The van der Waals surface area contributed by atoms with Gasteiger partial charge in [-0.2, -0.15) is 0 Å². The van der Waals surface area contributed by atoms with Gasteiger partial charge in [0.05, 0.1) is 12.0 Å². The van der Waals surface area contributed by atoms with Crippen LogP contribution in [0.3, 0.4) is 0 Å². The van der Waals surface area contributed by atoms with E-state index in [1.807, 2.05) is 6.92 Å². The van der Waals surface area contributed by atoms with E-state index in [1.54, 1.807) is 11.3 Å². The molecule has 0 bridgehead atoms. The maximum atomic E-state index is 12.0. The van der Waals surface area contributed by atoms with E-state index in [2.05, 4.69) is 21.0 Å². The lowest BCUT2D eigenvalue weighted by Crippen LogP contribution is -2.51. The Labute approximate surface area is 105 Å². The summed E-state index contributed by atoms with van der Waals surface area (Å²) < 4.78 is 0. The lowest BCUT2D eigenvalue weighted by Gasteiger charge is -2.28. The zero-order valence-electron chi connectivity index (χ0n) is 9.90. The summed E-state index contributed by atoms with van der Waals surface area (Å²) in [5.41, 5.74) is 1.05. The summed E-state index contributed by atoms with van der Waals surface area (Å²) in [7, 11) is 0. The molecule has 1 atom stereocenters. The Hall–Kier alpha value is -0.940. The molecule has 1 amide bonds. The normalized spacial score (nSPS) is 21.9. The van der Waals surface area contributed by atoms with E-state index >= 15 is 0 Å². The van der Waals surface area contributed by atoms with E-state index < -0.39 is 0 Å². The molecule has 1 saturated carbocycles. The minimum atomic E-state index is 0.154. The SMILES string of the molecule is Cc1csc(C(NC(=O)C2CNC2)C2CC2)n1. The predicted molar refractivity (Wildman–Crippen MR) is 66.8 cm³/mol. The molecule has 3 rings (SSSR count). The summed E-state index contributed by atoms with van der Waals surface area (Å²) in [5, 5.41) is 9.44. The number of thiazole rings is 1. The molecule has 5 heteroatoms. The standard InChI is InChI=1S/C12H17N3OS/c1-7-6-17-12(14-7)10(8-2-3-8)15-11(16)9-4-13-5-9/h6,8-10,13H,2-5H2,1H3,(H,15,16). The van der Waals surface area contributed by atoms with E-state index in [4.69, 9.17) is 0 Å². The van der Waals surface area contributed by atoms with Crippen molar-refractivity contribution >= 4 is 17.2 Å².